The van der Waals surface area contributed by atoms with Gasteiger partial charge in [0.05, 0.1) is 30.5 Å². The monoisotopic (exact) mass is 325 g/mol. The molecular weight excluding hydrogens is 305 g/mol. The summed E-state index contributed by atoms with van der Waals surface area (Å²) in [5, 5.41) is 12.2. The van der Waals surface area contributed by atoms with Gasteiger partial charge in [-0.05, 0) is 35.4 Å². The molecule has 0 saturated carbocycles. The van der Waals surface area contributed by atoms with Gasteiger partial charge in [0.25, 0.3) is 0 Å². The lowest BCUT2D eigenvalue weighted by atomic mass is 10.1. The Balaban J connectivity index is 1.57. The molecule has 124 valence electrons. The summed E-state index contributed by atoms with van der Waals surface area (Å²) < 4.78 is 19.6. The van der Waals surface area contributed by atoms with Crippen LogP contribution in [0.3, 0.4) is 0 Å². The standard InChI is InChI=1S/C19H20FN3O/c20-18-11-17(4-5-19(18)23-6-8-24-9-7-23)14-22-13-16-3-1-2-15(10-16)12-21/h1-5,10-11,22H,6-9,13-14H2. The maximum absolute atomic E-state index is 14.3. The van der Waals surface area contributed by atoms with Gasteiger partial charge >= 0.3 is 0 Å². The zero-order chi connectivity index (χ0) is 16.8. The molecule has 0 atom stereocenters. The second-order valence-corrected chi connectivity index (χ2v) is 5.80. The van der Waals surface area contributed by atoms with Gasteiger partial charge in [0.1, 0.15) is 5.82 Å². The SMILES string of the molecule is N#Cc1cccc(CNCc2ccc(N3CCOCC3)c(F)c2)c1. The predicted octanol–water partition coefficient (Wildman–Crippen LogP) is 2.82. The van der Waals surface area contributed by atoms with Crippen LogP contribution >= 0.6 is 0 Å². The maximum atomic E-state index is 14.3. The Morgan fingerprint density at radius 1 is 1.08 bits per heavy atom. The highest BCUT2D eigenvalue weighted by atomic mass is 19.1. The predicted molar refractivity (Wildman–Crippen MR) is 91.1 cm³/mol. The summed E-state index contributed by atoms with van der Waals surface area (Å²) in [5.41, 5.74) is 3.24. The minimum atomic E-state index is -0.192. The van der Waals surface area contributed by atoms with Crippen molar-refractivity contribution in [3.05, 3.63) is 65.0 Å². The van der Waals surface area contributed by atoms with Crippen LogP contribution in [0.1, 0.15) is 16.7 Å². The van der Waals surface area contributed by atoms with Gasteiger partial charge in [0.2, 0.25) is 0 Å². The Morgan fingerprint density at radius 3 is 2.54 bits per heavy atom. The van der Waals surface area contributed by atoms with E-state index in [2.05, 4.69) is 11.4 Å². The Kier molecular flexibility index (Phi) is 5.42. The van der Waals surface area contributed by atoms with Crippen LogP contribution in [0.15, 0.2) is 42.5 Å². The van der Waals surface area contributed by atoms with Crippen molar-refractivity contribution in [2.75, 3.05) is 31.2 Å². The number of nitriles is 1. The first kappa shape index (κ1) is 16.4. The van der Waals surface area contributed by atoms with Gasteiger partial charge in [0.15, 0.2) is 0 Å². The molecule has 2 aromatic carbocycles. The number of nitrogens with one attached hydrogen (secondary N) is 1. The van der Waals surface area contributed by atoms with Gasteiger partial charge in [-0.3, -0.25) is 0 Å². The van der Waals surface area contributed by atoms with Gasteiger partial charge in [-0.1, -0.05) is 18.2 Å². The Bertz CT molecular complexity index is 736. The number of hydrogen-bond donors (Lipinski definition) is 1. The highest BCUT2D eigenvalue weighted by Gasteiger charge is 2.15. The number of anilines is 1. The molecule has 0 spiro atoms. The molecule has 1 heterocycles. The summed E-state index contributed by atoms with van der Waals surface area (Å²) in [7, 11) is 0. The number of rotatable bonds is 5. The lowest BCUT2D eigenvalue weighted by Crippen LogP contribution is -2.36. The molecule has 24 heavy (non-hydrogen) atoms. The summed E-state index contributed by atoms with van der Waals surface area (Å²) in [5.74, 6) is -0.192. The molecule has 1 aliphatic heterocycles. The molecule has 1 fully saturated rings. The molecule has 3 rings (SSSR count). The summed E-state index contributed by atoms with van der Waals surface area (Å²) in [4.78, 5) is 2.02. The van der Waals surface area contributed by atoms with Gasteiger partial charge in [0, 0.05) is 26.2 Å². The molecule has 0 aromatic heterocycles. The molecule has 4 nitrogen and oxygen atoms in total. The topological polar surface area (TPSA) is 48.3 Å². The van der Waals surface area contributed by atoms with Crippen molar-refractivity contribution in [2.24, 2.45) is 0 Å². The average Bonchev–Trinajstić information content (AvgIpc) is 2.63. The molecule has 0 aliphatic carbocycles. The first-order valence-electron chi connectivity index (χ1n) is 8.07. The fraction of sp³-hybridized carbons (Fsp3) is 0.316. The molecule has 1 saturated heterocycles. The molecule has 0 radical (unpaired) electrons. The van der Waals surface area contributed by atoms with E-state index in [0.717, 1.165) is 24.2 Å². The van der Waals surface area contributed by atoms with E-state index in [-0.39, 0.29) is 5.82 Å². The van der Waals surface area contributed by atoms with Crippen LogP contribution in [-0.2, 0) is 17.8 Å². The minimum Gasteiger partial charge on any atom is -0.378 e. The number of halogens is 1. The van der Waals surface area contributed by atoms with E-state index >= 15 is 0 Å². The molecule has 1 N–H and O–H groups in total. The molecule has 0 bridgehead atoms. The van der Waals surface area contributed by atoms with E-state index in [1.54, 1.807) is 12.1 Å². The van der Waals surface area contributed by atoms with Crippen LogP contribution in [0, 0.1) is 17.1 Å². The maximum Gasteiger partial charge on any atom is 0.146 e. The first-order chi connectivity index (χ1) is 11.8. The average molecular weight is 325 g/mol. The quantitative estimate of drug-likeness (QED) is 0.918. The second kappa shape index (κ2) is 7.91. The normalized spacial score (nSPS) is 14.4. The first-order valence-corrected chi connectivity index (χ1v) is 8.07. The van der Waals surface area contributed by atoms with Crippen molar-refractivity contribution in [3.8, 4) is 6.07 Å². The van der Waals surface area contributed by atoms with E-state index in [9.17, 15) is 4.39 Å². The summed E-state index contributed by atoms with van der Waals surface area (Å²) in [6.45, 7) is 3.96. The van der Waals surface area contributed by atoms with Crippen LogP contribution < -0.4 is 10.2 Å². The highest BCUT2D eigenvalue weighted by molar-refractivity contribution is 5.49. The van der Waals surface area contributed by atoms with Crippen LogP contribution in [0.25, 0.3) is 0 Å². The number of morpholine rings is 1. The zero-order valence-electron chi connectivity index (χ0n) is 13.5. The van der Waals surface area contributed by atoms with Crippen molar-refractivity contribution in [1.82, 2.24) is 5.32 Å². The van der Waals surface area contributed by atoms with E-state index in [0.29, 0.717) is 37.6 Å². The summed E-state index contributed by atoms with van der Waals surface area (Å²) in [6, 6.07) is 15.0. The highest BCUT2D eigenvalue weighted by Crippen LogP contribution is 2.21. The van der Waals surface area contributed by atoms with Crippen molar-refractivity contribution >= 4 is 5.69 Å². The number of nitrogens with zero attached hydrogens (tertiary/aromatic N) is 2. The molecule has 2 aromatic rings. The molecule has 0 amide bonds. The van der Waals surface area contributed by atoms with E-state index in [1.807, 2.05) is 35.2 Å². The lowest BCUT2D eigenvalue weighted by molar-refractivity contribution is 0.122. The Hall–Kier alpha value is -2.42. The molecule has 0 unspecified atom stereocenters. The number of ether oxygens (including phenoxy) is 1. The minimum absolute atomic E-state index is 0.192. The van der Waals surface area contributed by atoms with E-state index < -0.39 is 0 Å². The summed E-state index contributed by atoms with van der Waals surface area (Å²) >= 11 is 0. The molecule has 1 aliphatic rings. The smallest absolute Gasteiger partial charge is 0.146 e. The Labute approximate surface area is 141 Å². The van der Waals surface area contributed by atoms with Crippen LogP contribution in [0.4, 0.5) is 10.1 Å². The van der Waals surface area contributed by atoms with Crippen molar-refractivity contribution in [3.63, 3.8) is 0 Å². The third-order valence-electron chi connectivity index (χ3n) is 4.08. The summed E-state index contributed by atoms with van der Waals surface area (Å²) in [6.07, 6.45) is 0. The zero-order valence-corrected chi connectivity index (χ0v) is 13.5. The van der Waals surface area contributed by atoms with Crippen LogP contribution in [-0.4, -0.2) is 26.3 Å². The van der Waals surface area contributed by atoms with Crippen molar-refractivity contribution in [1.29, 1.82) is 5.26 Å². The molecular formula is C19H20FN3O. The van der Waals surface area contributed by atoms with Gasteiger partial charge in [-0.25, -0.2) is 4.39 Å². The van der Waals surface area contributed by atoms with Gasteiger partial charge in [-0.2, -0.15) is 5.26 Å². The van der Waals surface area contributed by atoms with Gasteiger partial charge in [-0.15, -0.1) is 0 Å². The number of hydrogen-bond acceptors (Lipinski definition) is 4. The third kappa shape index (κ3) is 4.10. The largest absolute Gasteiger partial charge is 0.378 e. The number of benzene rings is 2. The lowest BCUT2D eigenvalue weighted by Gasteiger charge is -2.29. The van der Waals surface area contributed by atoms with Crippen molar-refractivity contribution < 1.29 is 9.13 Å². The fourth-order valence-corrected chi connectivity index (χ4v) is 2.82. The molecule has 5 heteroatoms. The fourth-order valence-electron chi connectivity index (χ4n) is 2.82. The Morgan fingerprint density at radius 2 is 1.83 bits per heavy atom. The second-order valence-electron chi connectivity index (χ2n) is 5.80. The van der Waals surface area contributed by atoms with Crippen LogP contribution in [0.2, 0.25) is 0 Å². The third-order valence-corrected chi connectivity index (χ3v) is 4.08. The van der Waals surface area contributed by atoms with E-state index in [4.69, 9.17) is 10.00 Å². The van der Waals surface area contributed by atoms with E-state index in [1.165, 1.54) is 0 Å². The van der Waals surface area contributed by atoms with Gasteiger partial charge < -0.3 is 15.0 Å². The van der Waals surface area contributed by atoms with Crippen LogP contribution in [0.5, 0.6) is 0 Å². The van der Waals surface area contributed by atoms with Crippen molar-refractivity contribution in [2.45, 2.75) is 13.1 Å².